The molecule has 0 saturated carbocycles. The van der Waals surface area contributed by atoms with Crippen molar-refractivity contribution in [3.63, 3.8) is 0 Å². The second-order valence-electron chi connectivity index (χ2n) is 3.26. The Morgan fingerprint density at radius 3 is 2.82 bits per heavy atom. The number of methoxy groups -OCH3 is 1. The van der Waals surface area contributed by atoms with E-state index in [9.17, 15) is 10.1 Å². The van der Waals surface area contributed by atoms with E-state index in [1.165, 1.54) is 25.3 Å². The van der Waals surface area contributed by atoms with Crippen molar-refractivity contribution in [3.05, 3.63) is 40.5 Å². The molecule has 0 fully saturated rings. The topological polar surface area (TPSA) is 61.6 Å². The van der Waals surface area contributed by atoms with Crippen molar-refractivity contribution in [2.75, 3.05) is 19.6 Å². The SMILES string of the molecule is C=C(CCl)COc1cc(OC)ccc1[N+](=O)[O-]. The number of hydrogen-bond donors (Lipinski definition) is 0. The average molecular weight is 258 g/mol. The molecule has 0 amide bonds. The fraction of sp³-hybridized carbons (Fsp3) is 0.273. The van der Waals surface area contributed by atoms with Crippen LogP contribution in [0.4, 0.5) is 5.69 Å². The van der Waals surface area contributed by atoms with Crippen LogP contribution in [0.2, 0.25) is 0 Å². The zero-order valence-corrected chi connectivity index (χ0v) is 10.1. The van der Waals surface area contributed by atoms with E-state index in [1.807, 2.05) is 0 Å². The van der Waals surface area contributed by atoms with Gasteiger partial charge in [-0.15, -0.1) is 11.6 Å². The van der Waals surface area contributed by atoms with Crippen molar-refractivity contribution in [1.29, 1.82) is 0 Å². The van der Waals surface area contributed by atoms with E-state index in [4.69, 9.17) is 21.1 Å². The van der Waals surface area contributed by atoms with E-state index >= 15 is 0 Å². The Balaban J connectivity index is 2.93. The van der Waals surface area contributed by atoms with E-state index < -0.39 is 4.92 Å². The Hall–Kier alpha value is -1.75. The fourth-order valence-corrected chi connectivity index (χ4v) is 1.18. The van der Waals surface area contributed by atoms with E-state index in [1.54, 1.807) is 0 Å². The number of halogens is 1. The van der Waals surface area contributed by atoms with Crippen molar-refractivity contribution in [3.8, 4) is 11.5 Å². The van der Waals surface area contributed by atoms with Gasteiger partial charge in [0.1, 0.15) is 12.4 Å². The van der Waals surface area contributed by atoms with Gasteiger partial charge in [0, 0.05) is 18.0 Å². The maximum atomic E-state index is 10.8. The summed E-state index contributed by atoms with van der Waals surface area (Å²) >= 11 is 5.54. The minimum atomic E-state index is -0.516. The first-order chi connectivity index (χ1) is 8.08. The molecule has 0 bridgehead atoms. The molecule has 0 radical (unpaired) electrons. The summed E-state index contributed by atoms with van der Waals surface area (Å²) in [4.78, 5) is 10.3. The third kappa shape index (κ3) is 3.64. The van der Waals surface area contributed by atoms with Crippen molar-refractivity contribution in [2.45, 2.75) is 0 Å². The summed E-state index contributed by atoms with van der Waals surface area (Å²) in [7, 11) is 1.47. The lowest BCUT2D eigenvalue weighted by Crippen LogP contribution is -2.03. The largest absolute Gasteiger partial charge is 0.497 e. The summed E-state index contributed by atoms with van der Waals surface area (Å²) in [5.74, 6) is 0.875. The molecule has 6 heteroatoms. The highest BCUT2D eigenvalue weighted by Gasteiger charge is 2.16. The van der Waals surface area contributed by atoms with Crippen LogP contribution in [0.25, 0.3) is 0 Å². The maximum Gasteiger partial charge on any atom is 0.311 e. The van der Waals surface area contributed by atoms with Crippen LogP contribution in [0.5, 0.6) is 11.5 Å². The summed E-state index contributed by atoms with van der Waals surface area (Å²) in [5, 5.41) is 10.8. The minimum absolute atomic E-state index is 0.117. The number of rotatable bonds is 6. The van der Waals surface area contributed by atoms with Crippen LogP contribution < -0.4 is 9.47 Å². The van der Waals surface area contributed by atoms with E-state index in [-0.39, 0.29) is 23.9 Å². The lowest BCUT2D eigenvalue weighted by molar-refractivity contribution is -0.385. The monoisotopic (exact) mass is 257 g/mol. The number of nitrogens with zero attached hydrogens (tertiary/aromatic N) is 1. The van der Waals surface area contributed by atoms with Crippen LogP contribution >= 0.6 is 11.6 Å². The van der Waals surface area contributed by atoms with Crippen LogP contribution in [0.3, 0.4) is 0 Å². The van der Waals surface area contributed by atoms with E-state index in [2.05, 4.69) is 6.58 Å². The Morgan fingerprint density at radius 2 is 2.29 bits per heavy atom. The summed E-state index contributed by atoms with van der Waals surface area (Å²) in [6, 6.07) is 4.29. The van der Waals surface area contributed by atoms with Crippen LogP contribution in [0.15, 0.2) is 30.4 Å². The van der Waals surface area contributed by atoms with Crippen LogP contribution in [0.1, 0.15) is 0 Å². The molecule has 1 aromatic rings. The van der Waals surface area contributed by atoms with E-state index in [0.29, 0.717) is 11.3 Å². The number of nitro benzene ring substituents is 1. The predicted molar refractivity (Wildman–Crippen MR) is 65.0 cm³/mol. The van der Waals surface area contributed by atoms with E-state index in [0.717, 1.165) is 0 Å². The molecule has 92 valence electrons. The van der Waals surface area contributed by atoms with Gasteiger partial charge in [-0.3, -0.25) is 10.1 Å². The molecule has 1 rings (SSSR count). The molecule has 0 aromatic heterocycles. The Labute approximate surface area is 104 Å². The smallest absolute Gasteiger partial charge is 0.311 e. The highest BCUT2D eigenvalue weighted by molar-refractivity contribution is 6.19. The summed E-state index contributed by atoms with van der Waals surface area (Å²) in [6.07, 6.45) is 0. The second kappa shape index (κ2) is 6.10. The minimum Gasteiger partial charge on any atom is -0.497 e. The Morgan fingerprint density at radius 1 is 1.59 bits per heavy atom. The van der Waals surface area contributed by atoms with Gasteiger partial charge in [0.05, 0.1) is 12.0 Å². The van der Waals surface area contributed by atoms with Gasteiger partial charge in [0.2, 0.25) is 5.75 Å². The van der Waals surface area contributed by atoms with Gasteiger partial charge in [0.15, 0.2) is 0 Å². The lowest BCUT2D eigenvalue weighted by atomic mass is 10.2. The van der Waals surface area contributed by atoms with Gasteiger partial charge in [0.25, 0.3) is 0 Å². The third-order valence-electron chi connectivity index (χ3n) is 1.98. The van der Waals surface area contributed by atoms with Crippen LogP contribution in [0, 0.1) is 10.1 Å². The molecule has 0 unspecified atom stereocenters. The van der Waals surface area contributed by atoms with Crippen molar-refractivity contribution >= 4 is 17.3 Å². The Kier molecular flexibility index (Phi) is 4.78. The normalized spacial score (nSPS) is 9.76. The highest BCUT2D eigenvalue weighted by Crippen LogP contribution is 2.31. The van der Waals surface area contributed by atoms with Crippen molar-refractivity contribution < 1.29 is 14.4 Å². The first-order valence-electron chi connectivity index (χ1n) is 4.76. The predicted octanol–water partition coefficient (Wildman–Crippen LogP) is 2.78. The average Bonchev–Trinajstić information content (AvgIpc) is 2.35. The van der Waals surface area contributed by atoms with Gasteiger partial charge in [-0.25, -0.2) is 0 Å². The van der Waals surface area contributed by atoms with Gasteiger partial charge in [-0.2, -0.15) is 0 Å². The zero-order valence-electron chi connectivity index (χ0n) is 9.31. The molecule has 0 aliphatic rings. The Bertz CT molecular complexity index is 433. The molecule has 1 aromatic carbocycles. The molecule has 0 N–H and O–H groups in total. The molecule has 5 nitrogen and oxygen atoms in total. The first kappa shape index (κ1) is 13.3. The summed E-state index contributed by atoms with van der Waals surface area (Å²) < 4.78 is 10.3. The van der Waals surface area contributed by atoms with Gasteiger partial charge in [-0.1, -0.05) is 6.58 Å². The molecular weight excluding hydrogens is 246 g/mol. The number of nitro groups is 1. The van der Waals surface area contributed by atoms with Gasteiger partial charge >= 0.3 is 5.69 Å². The molecule has 0 aliphatic carbocycles. The molecule has 0 aliphatic heterocycles. The molecule has 0 atom stereocenters. The quantitative estimate of drug-likeness (QED) is 0.340. The van der Waals surface area contributed by atoms with Crippen LogP contribution in [-0.2, 0) is 0 Å². The standard InChI is InChI=1S/C11H12ClNO4/c1-8(6-12)7-17-11-5-9(16-2)3-4-10(11)13(14)15/h3-5H,1,6-7H2,2H3. The lowest BCUT2D eigenvalue weighted by Gasteiger charge is -2.08. The first-order valence-corrected chi connectivity index (χ1v) is 5.29. The highest BCUT2D eigenvalue weighted by atomic mass is 35.5. The zero-order chi connectivity index (χ0) is 12.8. The van der Waals surface area contributed by atoms with Crippen LogP contribution in [-0.4, -0.2) is 24.5 Å². The van der Waals surface area contributed by atoms with Crippen molar-refractivity contribution in [1.82, 2.24) is 0 Å². The van der Waals surface area contributed by atoms with Gasteiger partial charge < -0.3 is 9.47 Å². The third-order valence-corrected chi connectivity index (χ3v) is 2.36. The number of alkyl halides is 1. The number of ether oxygens (including phenoxy) is 2. The molecular formula is C11H12ClNO4. The number of hydrogen-bond acceptors (Lipinski definition) is 4. The molecule has 0 saturated heterocycles. The summed E-state index contributed by atoms with van der Waals surface area (Å²) in [6.45, 7) is 3.78. The van der Waals surface area contributed by atoms with Gasteiger partial charge in [-0.05, 0) is 11.6 Å². The number of benzene rings is 1. The second-order valence-corrected chi connectivity index (χ2v) is 3.53. The fourth-order valence-electron chi connectivity index (χ4n) is 1.11. The molecule has 0 spiro atoms. The molecule has 17 heavy (non-hydrogen) atoms. The van der Waals surface area contributed by atoms with Crippen molar-refractivity contribution in [2.24, 2.45) is 0 Å². The maximum absolute atomic E-state index is 10.8. The summed E-state index contributed by atoms with van der Waals surface area (Å²) in [5.41, 5.74) is 0.525. The molecule has 0 heterocycles.